The van der Waals surface area contributed by atoms with Crippen LogP contribution in [0.15, 0.2) is 39.6 Å². The number of benzene rings is 1. The molecule has 0 unspecified atom stereocenters. The van der Waals surface area contributed by atoms with E-state index in [0.29, 0.717) is 11.5 Å². The molecule has 0 saturated heterocycles. The summed E-state index contributed by atoms with van der Waals surface area (Å²) >= 11 is 0. The molecule has 7 heteroatoms. The largest absolute Gasteiger partial charge is 0.466 e. The van der Waals surface area contributed by atoms with Crippen LogP contribution in [0.2, 0.25) is 0 Å². The maximum absolute atomic E-state index is 13.1. The molecule has 20 heavy (non-hydrogen) atoms. The topological polar surface area (TPSA) is 76.4 Å². The maximum Gasteiger partial charge on any atom is 0.334 e. The Bertz CT molecular complexity index is 764. The maximum atomic E-state index is 13.1. The number of carbonyl (C=O) groups is 1. The first-order chi connectivity index (χ1) is 9.29. The van der Waals surface area contributed by atoms with E-state index in [1.54, 1.807) is 13.8 Å². The molecule has 1 N–H and O–H groups in total. The highest BCUT2D eigenvalue weighted by Gasteiger charge is 2.20. The summed E-state index contributed by atoms with van der Waals surface area (Å²) in [5.74, 6) is 0.398. The zero-order valence-corrected chi connectivity index (χ0v) is 11.6. The van der Waals surface area contributed by atoms with E-state index in [0.717, 1.165) is 6.07 Å². The molecule has 106 valence electrons. The molecule has 0 radical (unpaired) electrons. The summed E-state index contributed by atoms with van der Waals surface area (Å²) in [6.45, 7) is 3.30. The summed E-state index contributed by atoms with van der Waals surface area (Å²) in [7, 11) is -4.90. The van der Waals surface area contributed by atoms with Crippen LogP contribution < -0.4 is 5.32 Å². The van der Waals surface area contributed by atoms with Crippen molar-refractivity contribution in [2.45, 2.75) is 18.7 Å². The van der Waals surface area contributed by atoms with Crippen molar-refractivity contribution >= 4 is 21.8 Å². The van der Waals surface area contributed by atoms with E-state index in [9.17, 15) is 17.1 Å². The van der Waals surface area contributed by atoms with Crippen LogP contribution in [0.1, 0.15) is 21.9 Å². The Kier molecular flexibility index (Phi) is 3.63. The number of nitrogens with one attached hydrogen (secondary N) is 1. The standard InChI is InChI=1S/C13H12FNO4S/c1-8-7-10(9(2)19-8)13(16)15-11-5-3-4-6-12(11)20(14,17)18/h3-7H,1-2H3,(H,15,16). The number of carbonyl (C=O) groups excluding carboxylic acids is 1. The number of hydrogen-bond donors (Lipinski definition) is 1. The van der Waals surface area contributed by atoms with Gasteiger partial charge in [-0.25, -0.2) is 0 Å². The monoisotopic (exact) mass is 297 g/mol. The summed E-state index contributed by atoms with van der Waals surface area (Å²) in [6.07, 6.45) is 0. The molecule has 0 bridgehead atoms. The minimum absolute atomic E-state index is 0.113. The molecule has 0 atom stereocenters. The molecular formula is C13H12FNO4S. The molecule has 2 rings (SSSR count). The Hall–Kier alpha value is -2.15. The van der Waals surface area contributed by atoms with Crippen LogP contribution in [0.4, 0.5) is 9.57 Å². The van der Waals surface area contributed by atoms with Crippen molar-refractivity contribution in [1.82, 2.24) is 0 Å². The van der Waals surface area contributed by atoms with E-state index < -0.39 is 21.0 Å². The van der Waals surface area contributed by atoms with E-state index in [4.69, 9.17) is 4.42 Å². The second kappa shape index (κ2) is 5.09. The lowest BCUT2D eigenvalue weighted by Gasteiger charge is -2.07. The third-order valence-corrected chi connectivity index (χ3v) is 3.56. The van der Waals surface area contributed by atoms with Gasteiger partial charge in [-0.15, -0.1) is 3.89 Å². The van der Waals surface area contributed by atoms with Gasteiger partial charge < -0.3 is 9.73 Å². The highest BCUT2D eigenvalue weighted by Crippen LogP contribution is 2.24. The molecule has 0 aliphatic carbocycles. The van der Waals surface area contributed by atoms with Crippen molar-refractivity contribution in [3.05, 3.63) is 47.4 Å². The highest BCUT2D eigenvalue weighted by molar-refractivity contribution is 7.86. The van der Waals surface area contributed by atoms with Crippen molar-refractivity contribution in [3.8, 4) is 0 Å². The third-order valence-electron chi connectivity index (χ3n) is 2.68. The van der Waals surface area contributed by atoms with Crippen molar-refractivity contribution in [3.63, 3.8) is 0 Å². The second-order valence-corrected chi connectivity index (χ2v) is 5.53. The van der Waals surface area contributed by atoms with E-state index in [2.05, 4.69) is 5.32 Å². The Labute approximate surface area is 115 Å². The fraction of sp³-hybridized carbons (Fsp3) is 0.154. The number of anilines is 1. The Morgan fingerprint density at radius 2 is 1.90 bits per heavy atom. The minimum Gasteiger partial charge on any atom is -0.466 e. The molecule has 1 heterocycles. The molecule has 2 aromatic rings. The van der Waals surface area contributed by atoms with E-state index in [-0.39, 0.29) is 11.3 Å². The van der Waals surface area contributed by atoms with Crippen LogP contribution in [-0.2, 0) is 10.2 Å². The molecule has 1 aromatic heterocycles. The predicted molar refractivity (Wildman–Crippen MR) is 70.9 cm³/mol. The summed E-state index contributed by atoms with van der Waals surface area (Å²) < 4.78 is 40.4. The van der Waals surface area contributed by atoms with Gasteiger partial charge in [-0.1, -0.05) is 12.1 Å². The van der Waals surface area contributed by atoms with Crippen LogP contribution in [-0.4, -0.2) is 14.3 Å². The number of hydrogen-bond acceptors (Lipinski definition) is 4. The number of halogens is 1. The molecule has 0 saturated carbocycles. The van der Waals surface area contributed by atoms with Crippen LogP contribution >= 0.6 is 0 Å². The Morgan fingerprint density at radius 3 is 2.45 bits per heavy atom. The summed E-state index contributed by atoms with van der Waals surface area (Å²) in [5.41, 5.74) is 0.159. The molecule has 0 fully saturated rings. The summed E-state index contributed by atoms with van der Waals surface area (Å²) in [6, 6.07) is 6.79. The number of aryl methyl sites for hydroxylation is 2. The van der Waals surface area contributed by atoms with Crippen LogP contribution in [0, 0.1) is 13.8 Å². The quantitative estimate of drug-likeness (QED) is 0.884. The van der Waals surface area contributed by atoms with Gasteiger partial charge in [0.1, 0.15) is 16.4 Å². The van der Waals surface area contributed by atoms with Gasteiger partial charge in [0.2, 0.25) is 0 Å². The lowest BCUT2D eigenvalue weighted by atomic mass is 10.2. The highest BCUT2D eigenvalue weighted by atomic mass is 32.3. The zero-order valence-electron chi connectivity index (χ0n) is 10.8. The number of amides is 1. The molecule has 1 amide bonds. The van der Waals surface area contributed by atoms with Gasteiger partial charge in [0.25, 0.3) is 5.91 Å². The van der Waals surface area contributed by atoms with Crippen LogP contribution in [0.5, 0.6) is 0 Å². The first-order valence-electron chi connectivity index (χ1n) is 5.71. The summed E-state index contributed by atoms with van der Waals surface area (Å²) in [4.78, 5) is 11.5. The van der Waals surface area contributed by atoms with Gasteiger partial charge >= 0.3 is 10.2 Å². The van der Waals surface area contributed by atoms with Gasteiger partial charge in [0.05, 0.1) is 11.3 Å². The average molecular weight is 297 g/mol. The van der Waals surface area contributed by atoms with Crippen molar-refractivity contribution in [2.24, 2.45) is 0 Å². The molecular weight excluding hydrogens is 285 g/mol. The lowest BCUT2D eigenvalue weighted by Crippen LogP contribution is -2.14. The van der Waals surface area contributed by atoms with Crippen molar-refractivity contribution in [2.75, 3.05) is 5.32 Å². The number of rotatable bonds is 3. The number of para-hydroxylation sites is 1. The van der Waals surface area contributed by atoms with Crippen molar-refractivity contribution < 1.29 is 21.5 Å². The van der Waals surface area contributed by atoms with Crippen molar-refractivity contribution in [1.29, 1.82) is 0 Å². The van der Waals surface area contributed by atoms with E-state index in [1.165, 1.54) is 24.3 Å². The van der Waals surface area contributed by atoms with Gasteiger partial charge in [0.15, 0.2) is 0 Å². The summed E-state index contributed by atoms with van der Waals surface area (Å²) in [5, 5.41) is 2.37. The fourth-order valence-corrected chi connectivity index (χ4v) is 2.45. The van der Waals surface area contributed by atoms with Crippen LogP contribution in [0.25, 0.3) is 0 Å². The fourth-order valence-electron chi connectivity index (χ4n) is 1.83. The average Bonchev–Trinajstić information content (AvgIpc) is 2.68. The predicted octanol–water partition coefficient (Wildman–Crippen LogP) is 2.81. The molecule has 5 nitrogen and oxygen atoms in total. The van der Waals surface area contributed by atoms with Gasteiger partial charge in [0, 0.05) is 0 Å². The normalized spacial score (nSPS) is 11.3. The molecule has 1 aromatic carbocycles. The molecule has 0 aliphatic heterocycles. The first-order valence-corrected chi connectivity index (χ1v) is 7.09. The second-order valence-electron chi connectivity index (χ2n) is 4.22. The van der Waals surface area contributed by atoms with Gasteiger partial charge in [-0.2, -0.15) is 8.42 Å². The molecule has 0 spiro atoms. The Morgan fingerprint density at radius 1 is 1.25 bits per heavy atom. The third kappa shape index (κ3) is 2.88. The van der Waals surface area contributed by atoms with Gasteiger partial charge in [-0.3, -0.25) is 4.79 Å². The minimum atomic E-state index is -4.90. The lowest BCUT2D eigenvalue weighted by molar-refractivity contribution is 0.102. The Balaban J connectivity index is 2.36. The van der Waals surface area contributed by atoms with Gasteiger partial charge in [-0.05, 0) is 32.0 Å². The smallest absolute Gasteiger partial charge is 0.334 e. The van der Waals surface area contributed by atoms with Crippen LogP contribution in [0.3, 0.4) is 0 Å². The van der Waals surface area contributed by atoms with E-state index >= 15 is 0 Å². The number of furan rings is 1. The SMILES string of the molecule is Cc1cc(C(=O)Nc2ccccc2S(=O)(=O)F)c(C)o1. The zero-order chi connectivity index (χ0) is 14.9. The van der Waals surface area contributed by atoms with E-state index in [1.807, 2.05) is 0 Å². The molecule has 0 aliphatic rings. The first kappa shape index (κ1) is 14.3.